The van der Waals surface area contributed by atoms with Gasteiger partial charge in [-0.1, -0.05) is 96.7 Å². The van der Waals surface area contributed by atoms with Gasteiger partial charge in [0.1, 0.15) is 113 Å². The van der Waals surface area contributed by atoms with Gasteiger partial charge in [-0.3, -0.25) is 42.4 Å². The van der Waals surface area contributed by atoms with Crippen molar-refractivity contribution in [2.24, 2.45) is 0 Å². The maximum Gasteiger partial charge on any atom is 0.351 e. The van der Waals surface area contributed by atoms with Gasteiger partial charge in [-0.15, -0.1) is 0 Å². The number of nitrogens with zero attached hydrogens (tertiary/aromatic N) is 14. The molecule has 0 spiro atoms. The molecule has 5 aliphatic heterocycles. The van der Waals surface area contributed by atoms with Crippen LogP contribution in [0.4, 0.5) is 23.5 Å². The highest BCUT2D eigenvalue weighted by Gasteiger charge is 2.51. The second kappa shape index (κ2) is 32.7. The number of H-pyrrole nitrogens is 2. The lowest BCUT2D eigenvalue weighted by Crippen LogP contribution is -2.43. The summed E-state index contributed by atoms with van der Waals surface area (Å²) in [6.07, 6.45) is -6.94. The van der Waals surface area contributed by atoms with Crippen molar-refractivity contribution >= 4 is 68.8 Å². The van der Waals surface area contributed by atoms with E-state index in [1.54, 1.807) is 47.5 Å². The average molecular weight is 1610 g/mol. The molecular formula is C77H82N20O18S. The second-order valence-corrected chi connectivity index (χ2v) is 29.6. The Balaban J connectivity index is 0.686. The number of nitrogens with two attached hydrogens (primary N) is 4. The number of methoxy groups -OCH3 is 2. The molecule has 16 atom stereocenters. The van der Waals surface area contributed by atoms with Gasteiger partial charge in [-0.25, -0.2) is 39.5 Å². The zero-order chi connectivity index (χ0) is 80.0. The van der Waals surface area contributed by atoms with E-state index in [1.165, 1.54) is 47.4 Å². The number of ether oxygens (including phenoxy) is 12. The second-order valence-electron chi connectivity index (χ2n) is 28.7. The summed E-state index contributed by atoms with van der Waals surface area (Å²) in [4.78, 5) is 97.3. The van der Waals surface area contributed by atoms with Gasteiger partial charge in [0.15, 0.2) is 34.5 Å². The van der Waals surface area contributed by atoms with Crippen molar-refractivity contribution in [3.05, 3.63) is 222 Å². The van der Waals surface area contributed by atoms with Crippen molar-refractivity contribution in [3.63, 3.8) is 0 Å². The number of benzene rings is 4. The maximum absolute atomic E-state index is 13.8. The van der Waals surface area contributed by atoms with E-state index in [9.17, 15) is 29.4 Å². The summed E-state index contributed by atoms with van der Waals surface area (Å²) >= 11 is 1.45. The lowest BCUT2D eigenvalue weighted by molar-refractivity contribution is -0.143. The number of aromatic amines is 2. The van der Waals surface area contributed by atoms with Gasteiger partial charge in [-0.2, -0.15) is 15.0 Å². The molecule has 5 saturated heterocycles. The van der Waals surface area contributed by atoms with E-state index in [2.05, 4.69) is 44.9 Å². The van der Waals surface area contributed by atoms with E-state index < -0.39 is 126 Å². The van der Waals surface area contributed by atoms with E-state index >= 15 is 0 Å². The maximum atomic E-state index is 13.8. The molecule has 38 nitrogen and oxygen atoms in total. The Morgan fingerprint density at radius 1 is 0.526 bits per heavy atom. The third kappa shape index (κ3) is 15.2. The minimum Gasteiger partial charge on any atom is -0.497 e. The van der Waals surface area contributed by atoms with Gasteiger partial charge < -0.3 is 90.0 Å². The van der Waals surface area contributed by atoms with Crippen LogP contribution in [0.1, 0.15) is 84.6 Å². The Morgan fingerprint density at radius 3 is 1.68 bits per heavy atom. The number of hydrogen-bond acceptors (Lipinski definition) is 32. The van der Waals surface area contributed by atoms with Gasteiger partial charge in [0.05, 0.1) is 90.7 Å². The van der Waals surface area contributed by atoms with Crippen LogP contribution in [0.2, 0.25) is 0 Å². The normalized spacial score (nSPS) is 25.5. The predicted molar refractivity (Wildman–Crippen MR) is 414 cm³/mol. The molecule has 16 unspecified atom stereocenters. The molecule has 0 amide bonds. The molecule has 5 aliphatic rings. The van der Waals surface area contributed by atoms with Crippen molar-refractivity contribution in [2.75, 3.05) is 70.2 Å². The first-order chi connectivity index (χ1) is 56.3. The number of nitrogen functional groups attached to an aromatic ring is 4. The largest absolute Gasteiger partial charge is 0.497 e. The fourth-order valence-electron chi connectivity index (χ4n) is 15.7. The van der Waals surface area contributed by atoms with Crippen molar-refractivity contribution in [2.45, 2.75) is 147 Å². The van der Waals surface area contributed by atoms with Crippen molar-refractivity contribution in [1.82, 2.24) is 77.7 Å². The lowest BCUT2D eigenvalue weighted by Gasteiger charge is -2.37. The Hall–Kier alpha value is -11.4. The van der Waals surface area contributed by atoms with Crippen LogP contribution in [0.15, 0.2) is 177 Å². The Morgan fingerprint density at radius 2 is 1.07 bits per heavy atom. The van der Waals surface area contributed by atoms with Crippen LogP contribution in [0.5, 0.6) is 11.5 Å². The van der Waals surface area contributed by atoms with Crippen LogP contribution in [-0.2, 0) is 58.7 Å². The number of hydrogen-bond donors (Lipinski definition) is 8. The fraction of sp³-hybridized carbons (Fsp3) is 0.390. The summed E-state index contributed by atoms with van der Waals surface area (Å²) in [6, 6.07) is 35.9. The number of imidazole rings is 3. The molecule has 17 rings (SSSR count). The number of aliphatic hydroxyl groups is 2. The van der Waals surface area contributed by atoms with Gasteiger partial charge in [0, 0.05) is 49.4 Å². The van der Waals surface area contributed by atoms with Gasteiger partial charge in [0.2, 0.25) is 11.9 Å². The minimum absolute atomic E-state index is 0.00645. The van der Waals surface area contributed by atoms with E-state index in [0.717, 1.165) is 15.7 Å². The molecular weight excluding hydrogens is 1530 g/mol. The van der Waals surface area contributed by atoms with Gasteiger partial charge in [-0.05, 0) is 59.5 Å². The number of fused-ring (bicyclic) bond motifs is 3. The molecule has 4 aromatic carbocycles. The highest BCUT2D eigenvalue weighted by Crippen LogP contribution is 2.46. The van der Waals surface area contributed by atoms with Gasteiger partial charge >= 0.3 is 11.4 Å². The molecule has 5 fully saturated rings. The number of rotatable bonds is 28. The quantitative estimate of drug-likeness (QED) is 0.0196. The number of aromatic nitrogens is 16. The van der Waals surface area contributed by atoms with E-state index in [-0.39, 0.29) is 99.0 Å². The lowest BCUT2D eigenvalue weighted by atomic mass is 9.80. The minimum atomic E-state index is -1.56. The van der Waals surface area contributed by atoms with E-state index in [0.29, 0.717) is 55.7 Å². The number of thioether (sulfide) groups is 1. The Kier molecular flexibility index (Phi) is 21.7. The van der Waals surface area contributed by atoms with E-state index in [4.69, 9.17) is 89.7 Å². The molecule has 12 aromatic rings. The first-order valence-corrected chi connectivity index (χ1v) is 38.4. The summed E-state index contributed by atoms with van der Waals surface area (Å²) in [7, 11) is 3.17. The van der Waals surface area contributed by atoms with Crippen LogP contribution in [0, 0.1) is 6.92 Å². The third-order valence-corrected chi connectivity index (χ3v) is 22.6. The topological polar surface area (TPSA) is 496 Å². The van der Waals surface area contributed by atoms with E-state index in [1.807, 2.05) is 109 Å². The highest BCUT2D eigenvalue weighted by atomic mass is 32.2. The van der Waals surface area contributed by atoms with Crippen LogP contribution >= 0.6 is 11.8 Å². The smallest absolute Gasteiger partial charge is 0.351 e. The molecule has 0 bridgehead atoms. The molecule has 13 heterocycles. The fourth-order valence-corrected chi connectivity index (χ4v) is 16.6. The Labute approximate surface area is 661 Å². The van der Waals surface area contributed by atoms with Crippen LogP contribution in [0.3, 0.4) is 0 Å². The summed E-state index contributed by atoms with van der Waals surface area (Å²) in [6.45, 7) is 0.525. The summed E-state index contributed by atoms with van der Waals surface area (Å²) in [5.41, 5.74) is 26.2. The predicted octanol–water partition coefficient (Wildman–Crippen LogP) is 3.87. The van der Waals surface area contributed by atoms with Gasteiger partial charge in [0.25, 0.3) is 11.1 Å². The summed E-state index contributed by atoms with van der Waals surface area (Å²) in [5, 5.41) is 24.7. The molecule has 0 aliphatic carbocycles. The number of aliphatic hydroxyl groups excluding tert-OH is 2. The number of nitrogens with one attached hydrogen (secondary N) is 2. The molecule has 0 radical (unpaired) electrons. The van der Waals surface area contributed by atoms with Crippen LogP contribution < -0.4 is 54.9 Å². The molecule has 116 heavy (non-hydrogen) atoms. The van der Waals surface area contributed by atoms with Crippen molar-refractivity contribution in [1.29, 1.82) is 0 Å². The zero-order valence-electron chi connectivity index (χ0n) is 62.6. The standard InChI is InChI=1S/C77H82N20O18S/c1-39-28-94(76(103)91-69(39)100)56-24-46(98)50(111-56)29-106-47-26-58(96-37-85-61-67(96)88-73(80)90-70(61)101)112-51(47)30-107-48-27-59(97-38-86-62-68(97)89-74(81)92-71(62)116-34-40-10-6-4-7-11-40)113-52(48)31-108-49-25-57(95-36-84-60-65(79)82-35-83-66(60)95)114-53(49)32-109-64-54(115-72(63(64)99)93-23-22-55(78)87-75(93)102)33-110-77(41-12-8-5-9-13-41,42-14-18-44(104-2)19-15-42)43-16-20-45(105-3)21-17-43/h4-23,28,35-38,46-54,56-59,63-64,72,98-99H,24-27,29-34H2,1-3H3,(H2,78,87,102)(H2,79,82,83)(H2,81,89,92)(H,91,100,103)(H3,80,88,90,101). The molecule has 8 aromatic heterocycles. The number of anilines is 4. The van der Waals surface area contributed by atoms with Crippen LogP contribution in [-0.4, -0.2) is 202 Å². The molecule has 39 heteroatoms. The number of aryl methyl sites for hydroxylation is 1. The summed E-state index contributed by atoms with van der Waals surface area (Å²) < 4.78 is 87.9. The van der Waals surface area contributed by atoms with Crippen molar-refractivity contribution in [3.8, 4) is 11.5 Å². The molecule has 604 valence electrons. The average Bonchev–Trinajstić information content (AvgIpc) is 1.24. The Bertz CT molecular complexity index is 5710. The highest BCUT2D eigenvalue weighted by molar-refractivity contribution is 7.98. The zero-order valence-corrected chi connectivity index (χ0v) is 63.5. The third-order valence-electron chi connectivity index (χ3n) is 21.5. The monoisotopic (exact) mass is 1610 g/mol. The SMILES string of the molecule is COc1ccc(C(OCC2OC(n3ccc(N)nc3=O)C(O)C2OCC2OC(n3cnc4c(N)ncnc43)CC2OCC2OC(n3cnc4c(SCc5ccccc5)nc(N)nc43)CC2OCC2OC(n3cnc4c(=O)[nH]c(N)nc43)CC2OCC2OC(n3cc(C)c(=O)[nH]c3=O)CC2O)(c2ccccc2)c2ccc(OC)cc2)cc1. The van der Waals surface area contributed by atoms with Crippen LogP contribution in [0.25, 0.3) is 33.5 Å². The first kappa shape index (κ1) is 77.2. The molecule has 12 N–H and O–H groups in total. The van der Waals surface area contributed by atoms with Crippen molar-refractivity contribution < 1.29 is 67.1 Å². The first-order valence-electron chi connectivity index (χ1n) is 37.4. The molecule has 0 saturated carbocycles. The summed E-state index contributed by atoms with van der Waals surface area (Å²) in [5.74, 6) is 1.73.